The fourth-order valence-electron chi connectivity index (χ4n) is 3.17. The SMILES string of the molecule is NC(Cc1csc(C2CCCCCC2)n1)c1ccccc1. The Bertz CT molecular complexity index is 541. The van der Waals surface area contributed by atoms with Gasteiger partial charge in [0.05, 0.1) is 10.7 Å². The van der Waals surface area contributed by atoms with E-state index in [0.717, 1.165) is 12.1 Å². The largest absolute Gasteiger partial charge is 0.324 e. The number of thiazole rings is 1. The fourth-order valence-corrected chi connectivity index (χ4v) is 4.18. The first-order valence-corrected chi connectivity index (χ1v) is 8.96. The van der Waals surface area contributed by atoms with Gasteiger partial charge in [0.25, 0.3) is 0 Å². The van der Waals surface area contributed by atoms with Crippen molar-refractivity contribution < 1.29 is 0 Å². The highest BCUT2D eigenvalue weighted by Crippen LogP contribution is 2.33. The van der Waals surface area contributed by atoms with E-state index < -0.39 is 0 Å². The Kier molecular flexibility index (Phi) is 5.04. The Morgan fingerprint density at radius 2 is 1.81 bits per heavy atom. The highest BCUT2D eigenvalue weighted by Gasteiger charge is 2.18. The molecule has 0 amide bonds. The first kappa shape index (κ1) is 14.7. The minimum atomic E-state index is 0.0512. The third-order valence-corrected chi connectivity index (χ3v) is 5.49. The van der Waals surface area contributed by atoms with E-state index in [1.54, 1.807) is 0 Å². The van der Waals surface area contributed by atoms with Gasteiger partial charge in [-0.3, -0.25) is 0 Å². The molecule has 1 heterocycles. The van der Waals surface area contributed by atoms with Gasteiger partial charge in [-0.2, -0.15) is 0 Å². The van der Waals surface area contributed by atoms with E-state index in [2.05, 4.69) is 17.5 Å². The maximum atomic E-state index is 6.30. The molecule has 1 saturated carbocycles. The van der Waals surface area contributed by atoms with Gasteiger partial charge in [-0.1, -0.05) is 56.0 Å². The molecule has 2 nitrogen and oxygen atoms in total. The van der Waals surface area contributed by atoms with E-state index in [9.17, 15) is 0 Å². The summed E-state index contributed by atoms with van der Waals surface area (Å²) < 4.78 is 0. The van der Waals surface area contributed by atoms with Crippen molar-refractivity contribution >= 4 is 11.3 Å². The van der Waals surface area contributed by atoms with Gasteiger partial charge >= 0.3 is 0 Å². The molecule has 1 unspecified atom stereocenters. The topological polar surface area (TPSA) is 38.9 Å². The Morgan fingerprint density at radius 1 is 1.10 bits per heavy atom. The number of rotatable bonds is 4. The molecule has 1 aromatic carbocycles. The minimum absolute atomic E-state index is 0.0512. The van der Waals surface area contributed by atoms with E-state index in [4.69, 9.17) is 10.7 Å². The molecule has 0 radical (unpaired) electrons. The summed E-state index contributed by atoms with van der Waals surface area (Å²) in [4.78, 5) is 4.88. The maximum Gasteiger partial charge on any atom is 0.0959 e. The summed E-state index contributed by atoms with van der Waals surface area (Å²) >= 11 is 1.84. The number of nitrogens with two attached hydrogens (primary N) is 1. The zero-order chi connectivity index (χ0) is 14.5. The van der Waals surface area contributed by atoms with Crippen molar-refractivity contribution in [1.29, 1.82) is 0 Å². The third kappa shape index (κ3) is 3.92. The second kappa shape index (κ2) is 7.19. The predicted octanol–water partition coefficient (Wildman–Crippen LogP) is 4.82. The number of hydrogen-bond donors (Lipinski definition) is 1. The standard InChI is InChI=1S/C18H24N2S/c19-17(14-8-6-3-7-9-14)12-16-13-21-18(20-16)15-10-4-1-2-5-11-15/h3,6-9,13,15,17H,1-2,4-5,10-12,19H2. The van der Waals surface area contributed by atoms with Crippen LogP contribution in [0.5, 0.6) is 0 Å². The van der Waals surface area contributed by atoms with E-state index in [0.29, 0.717) is 5.92 Å². The van der Waals surface area contributed by atoms with Crippen LogP contribution in [0.2, 0.25) is 0 Å². The van der Waals surface area contributed by atoms with Gasteiger partial charge in [0.15, 0.2) is 0 Å². The average Bonchev–Trinajstić information content (AvgIpc) is 2.81. The number of benzene rings is 1. The molecule has 1 aromatic heterocycles. The first-order valence-electron chi connectivity index (χ1n) is 8.08. The summed E-state index contributed by atoms with van der Waals surface area (Å²) in [5, 5.41) is 3.55. The lowest BCUT2D eigenvalue weighted by atomic mass is 10.0. The molecule has 1 aliphatic rings. The van der Waals surface area contributed by atoms with Crippen LogP contribution in [0.25, 0.3) is 0 Å². The maximum absolute atomic E-state index is 6.30. The zero-order valence-electron chi connectivity index (χ0n) is 12.5. The summed E-state index contributed by atoms with van der Waals surface area (Å²) in [6.45, 7) is 0. The van der Waals surface area contributed by atoms with E-state index in [1.165, 1.54) is 49.1 Å². The molecule has 0 aliphatic heterocycles. The van der Waals surface area contributed by atoms with Crippen molar-refractivity contribution in [1.82, 2.24) is 4.98 Å². The van der Waals surface area contributed by atoms with E-state index in [1.807, 2.05) is 29.5 Å². The molecule has 0 saturated heterocycles. The second-order valence-corrected chi connectivity index (χ2v) is 6.98. The minimum Gasteiger partial charge on any atom is -0.324 e. The van der Waals surface area contributed by atoms with Crippen molar-refractivity contribution in [3.63, 3.8) is 0 Å². The molecular weight excluding hydrogens is 276 g/mol. The smallest absolute Gasteiger partial charge is 0.0959 e. The average molecular weight is 300 g/mol. The number of aromatic nitrogens is 1. The molecule has 0 spiro atoms. The molecule has 3 heteroatoms. The predicted molar refractivity (Wildman–Crippen MR) is 89.6 cm³/mol. The van der Waals surface area contributed by atoms with Crippen LogP contribution in [0.4, 0.5) is 0 Å². The second-order valence-electron chi connectivity index (χ2n) is 6.09. The lowest BCUT2D eigenvalue weighted by Crippen LogP contribution is -2.13. The molecule has 112 valence electrons. The van der Waals surface area contributed by atoms with Gasteiger partial charge in [0, 0.05) is 23.8 Å². The Hall–Kier alpha value is -1.19. The summed E-state index contributed by atoms with van der Waals surface area (Å²) in [5.41, 5.74) is 8.66. The van der Waals surface area contributed by atoms with Crippen LogP contribution >= 0.6 is 11.3 Å². The lowest BCUT2D eigenvalue weighted by molar-refractivity contribution is 0.585. The number of nitrogens with zero attached hydrogens (tertiary/aromatic N) is 1. The molecule has 3 rings (SSSR count). The monoisotopic (exact) mass is 300 g/mol. The normalized spacial score (nSPS) is 18.3. The van der Waals surface area contributed by atoms with Crippen molar-refractivity contribution in [3.8, 4) is 0 Å². The van der Waals surface area contributed by atoms with Crippen LogP contribution in [0.15, 0.2) is 35.7 Å². The molecule has 1 aliphatic carbocycles. The van der Waals surface area contributed by atoms with Gasteiger partial charge in [-0.05, 0) is 18.4 Å². The third-order valence-electron chi connectivity index (χ3n) is 4.43. The molecule has 0 bridgehead atoms. The van der Waals surface area contributed by atoms with Crippen LogP contribution in [-0.2, 0) is 6.42 Å². The van der Waals surface area contributed by atoms with Crippen LogP contribution in [0, 0.1) is 0 Å². The van der Waals surface area contributed by atoms with Gasteiger partial charge in [-0.25, -0.2) is 4.98 Å². The summed E-state index contributed by atoms with van der Waals surface area (Å²) in [7, 11) is 0. The fraction of sp³-hybridized carbons (Fsp3) is 0.500. The van der Waals surface area contributed by atoms with Gasteiger partial charge in [0.1, 0.15) is 0 Å². The highest BCUT2D eigenvalue weighted by molar-refractivity contribution is 7.09. The molecular formula is C18H24N2S. The van der Waals surface area contributed by atoms with Gasteiger partial charge < -0.3 is 5.73 Å². The van der Waals surface area contributed by atoms with Crippen LogP contribution in [0.3, 0.4) is 0 Å². The van der Waals surface area contributed by atoms with Crippen LogP contribution in [-0.4, -0.2) is 4.98 Å². The van der Waals surface area contributed by atoms with E-state index in [-0.39, 0.29) is 6.04 Å². The first-order chi connectivity index (χ1) is 10.3. The molecule has 2 N–H and O–H groups in total. The quantitative estimate of drug-likeness (QED) is 0.822. The van der Waals surface area contributed by atoms with Crippen molar-refractivity contribution in [2.24, 2.45) is 5.73 Å². The molecule has 1 atom stereocenters. The van der Waals surface area contributed by atoms with Crippen molar-refractivity contribution in [2.45, 2.75) is 56.9 Å². The summed E-state index contributed by atoms with van der Waals surface area (Å²) in [6, 6.07) is 10.4. The summed E-state index contributed by atoms with van der Waals surface area (Å²) in [6.07, 6.45) is 9.00. The molecule has 1 fully saturated rings. The van der Waals surface area contributed by atoms with Crippen molar-refractivity contribution in [2.75, 3.05) is 0 Å². The molecule has 21 heavy (non-hydrogen) atoms. The highest BCUT2D eigenvalue weighted by atomic mass is 32.1. The number of hydrogen-bond acceptors (Lipinski definition) is 3. The Morgan fingerprint density at radius 3 is 2.52 bits per heavy atom. The summed E-state index contributed by atoms with van der Waals surface area (Å²) in [5.74, 6) is 0.694. The zero-order valence-corrected chi connectivity index (χ0v) is 13.3. The Labute approximate surface area is 131 Å². The van der Waals surface area contributed by atoms with Crippen molar-refractivity contribution in [3.05, 3.63) is 52.0 Å². The Balaban J connectivity index is 1.64. The van der Waals surface area contributed by atoms with E-state index >= 15 is 0 Å². The lowest BCUT2D eigenvalue weighted by Gasteiger charge is -2.11. The van der Waals surface area contributed by atoms with Gasteiger partial charge in [0.2, 0.25) is 0 Å². The van der Waals surface area contributed by atoms with Gasteiger partial charge in [-0.15, -0.1) is 11.3 Å². The van der Waals surface area contributed by atoms with Crippen LogP contribution in [0.1, 0.15) is 66.7 Å². The van der Waals surface area contributed by atoms with Crippen LogP contribution < -0.4 is 5.73 Å². The molecule has 2 aromatic rings.